The van der Waals surface area contributed by atoms with E-state index in [-0.39, 0.29) is 5.91 Å². The smallest absolute Gasteiger partial charge is 0.339 e. The largest absolute Gasteiger partial charge is 0.462 e. The van der Waals surface area contributed by atoms with E-state index in [1.54, 1.807) is 30.2 Å². The van der Waals surface area contributed by atoms with Gasteiger partial charge in [-0.1, -0.05) is 54.6 Å². The predicted octanol–water partition coefficient (Wildman–Crippen LogP) is 3.76. The first-order chi connectivity index (χ1) is 12.7. The van der Waals surface area contributed by atoms with Gasteiger partial charge in [0.15, 0.2) is 0 Å². The van der Waals surface area contributed by atoms with Crippen molar-refractivity contribution < 1.29 is 14.3 Å². The summed E-state index contributed by atoms with van der Waals surface area (Å²) in [7, 11) is 0. The lowest BCUT2D eigenvalue weighted by Crippen LogP contribution is -2.31. The molecule has 1 aliphatic rings. The number of esters is 1. The van der Waals surface area contributed by atoms with Crippen molar-refractivity contribution >= 4 is 11.9 Å². The molecule has 1 amide bonds. The summed E-state index contributed by atoms with van der Waals surface area (Å²) in [5.41, 5.74) is 3.02. The van der Waals surface area contributed by atoms with Crippen LogP contribution in [0.25, 0.3) is 0 Å². The Kier molecular flexibility index (Phi) is 5.64. The summed E-state index contributed by atoms with van der Waals surface area (Å²) >= 11 is 0. The van der Waals surface area contributed by atoms with Crippen molar-refractivity contribution in [1.29, 1.82) is 0 Å². The van der Waals surface area contributed by atoms with Gasteiger partial charge in [-0.15, -0.1) is 0 Å². The zero-order valence-electron chi connectivity index (χ0n) is 14.7. The molecule has 1 heterocycles. The fourth-order valence-corrected chi connectivity index (χ4v) is 2.87. The van der Waals surface area contributed by atoms with Crippen LogP contribution in [0.1, 0.15) is 22.8 Å². The SMILES string of the molecule is CCOC(=O)C1=CN(C(=O)c2ccccc2)CC=C1Cc1ccccc1. The molecule has 4 nitrogen and oxygen atoms in total. The number of benzene rings is 2. The molecule has 0 unspecified atom stereocenters. The molecule has 2 aromatic carbocycles. The molecule has 0 saturated heterocycles. The molecule has 0 saturated carbocycles. The van der Waals surface area contributed by atoms with Crippen LogP contribution in [-0.4, -0.2) is 29.9 Å². The molecule has 0 atom stereocenters. The van der Waals surface area contributed by atoms with Gasteiger partial charge in [-0.2, -0.15) is 0 Å². The van der Waals surface area contributed by atoms with Gasteiger partial charge in [0.05, 0.1) is 12.2 Å². The maximum absolute atomic E-state index is 12.7. The summed E-state index contributed by atoms with van der Waals surface area (Å²) in [5.74, 6) is -0.539. The first kappa shape index (κ1) is 17.7. The van der Waals surface area contributed by atoms with Gasteiger partial charge in [-0.3, -0.25) is 4.79 Å². The normalized spacial score (nSPS) is 13.7. The summed E-state index contributed by atoms with van der Waals surface area (Å²) in [4.78, 5) is 26.7. The van der Waals surface area contributed by atoms with Crippen LogP contribution in [0, 0.1) is 0 Å². The highest BCUT2D eigenvalue weighted by atomic mass is 16.5. The quantitative estimate of drug-likeness (QED) is 0.774. The average Bonchev–Trinajstić information content (AvgIpc) is 2.69. The Labute approximate surface area is 153 Å². The number of hydrogen-bond acceptors (Lipinski definition) is 3. The van der Waals surface area contributed by atoms with Crippen molar-refractivity contribution in [2.45, 2.75) is 13.3 Å². The second-order valence-electron chi connectivity index (χ2n) is 5.98. The Bertz CT molecular complexity index is 838. The Balaban J connectivity index is 1.86. The summed E-state index contributed by atoms with van der Waals surface area (Å²) in [6, 6.07) is 19.0. The highest BCUT2D eigenvalue weighted by Crippen LogP contribution is 2.23. The van der Waals surface area contributed by atoms with E-state index in [1.165, 1.54) is 0 Å². The van der Waals surface area contributed by atoms with Crippen LogP contribution >= 0.6 is 0 Å². The molecule has 0 aliphatic carbocycles. The van der Waals surface area contributed by atoms with Crippen LogP contribution in [0.2, 0.25) is 0 Å². The number of nitrogens with zero attached hydrogens (tertiary/aromatic N) is 1. The monoisotopic (exact) mass is 347 g/mol. The van der Waals surface area contributed by atoms with Crippen molar-refractivity contribution in [3.8, 4) is 0 Å². The van der Waals surface area contributed by atoms with Crippen molar-refractivity contribution in [1.82, 2.24) is 4.90 Å². The zero-order chi connectivity index (χ0) is 18.4. The molecule has 1 aliphatic heterocycles. The van der Waals surface area contributed by atoms with Gasteiger partial charge < -0.3 is 9.64 Å². The summed E-state index contributed by atoms with van der Waals surface area (Å²) in [5, 5.41) is 0. The van der Waals surface area contributed by atoms with Crippen molar-refractivity contribution in [3.05, 3.63) is 95.2 Å². The minimum absolute atomic E-state index is 0.137. The van der Waals surface area contributed by atoms with Crippen LogP contribution in [-0.2, 0) is 16.0 Å². The van der Waals surface area contributed by atoms with Crippen LogP contribution in [0.15, 0.2) is 84.1 Å². The maximum atomic E-state index is 12.7. The zero-order valence-corrected chi connectivity index (χ0v) is 14.7. The third-order valence-corrected chi connectivity index (χ3v) is 4.18. The lowest BCUT2D eigenvalue weighted by molar-refractivity contribution is -0.138. The molecule has 3 rings (SSSR count). The van der Waals surface area contributed by atoms with Crippen LogP contribution in [0.4, 0.5) is 0 Å². The molecule has 2 aromatic rings. The molecule has 0 fully saturated rings. The molecule has 4 heteroatoms. The molecular weight excluding hydrogens is 326 g/mol. The Morgan fingerprint density at radius 3 is 2.31 bits per heavy atom. The topological polar surface area (TPSA) is 46.6 Å². The van der Waals surface area contributed by atoms with E-state index < -0.39 is 5.97 Å². The summed E-state index contributed by atoms with van der Waals surface area (Å²) < 4.78 is 5.20. The number of hydrogen-bond donors (Lipinski definition) is 0. The molecule has 26 heavy (non-hydrogen) atoms. The third-order valence-electron chi connectivity index (χ3n) is 4.18. The first-order valence-electron chi connectivity index (χ1n) is 8.67. The van der Waals surface area contributed by atoms with Gasteiger partial charge in [-0.05, 0) is 36.6 Å². The van der Waals surface area contributed by atoms with Crippen molar-refractivity contribution in [3.63, 3.8) is 0 Å². The van der Waals surface area contributed by atoms with E-state index in [2.05, 4.69) is 0 Å². The molecule has 0 aromatic heterocycles. The van der Waals surface area contributed by atoms with E-state index >= 15 is 0 Å². The molecule has 0 radical (unpaired) electrons. The maximum Gasteiger partial charge on any atom is 0.339 e. The Hall–Kier alpha value is -3.14. The third kappa shape index (κ3) is 4.09. The van der Waals surface area contributed by atoms with E-state index in [0.717, 1.165) is 11.1 Å². The van der Waals surface area contributed by atoms with Crippen LogP contribution in [0.5, 0.6) is 0 Å². The number of amides is 1. The second-order valence-corrected chi connectivity index (χ2v) is 5.98. The van der Waals surface area contributed by atoms with E-state index in [4.69, 9.17) is 4.74 Å². The Morgan fingerprint density at radius 2 is 1.65 bits per heavy atom. The van der Waals surface area contributed by atoms with E-state index in [9.17, 15) is 9.59 Å². The molecule has 0 bridgehead atoms. The number of carbonyl (C=O) groups is 2. The fourth-order valence-electron chi connectivity index (χ4n) is 2.87. The minimum Gasteiger partial charge on any atom is -0.462 e. The van der Waals surface area contributed by atoms with Gasteiger partial charge in [0.2, 0.25) is 0 Å². The standard InChI is InChI=1S/C22H21NO3/c1-2-26-22(25)20-16-23(21(24)18-11-7-4-8-12-18)14-13-19(20)15-17-9-5-3-6-10-17/h3-13,16H,2,14-15H2,1H3. The number of carbonyl (C=O) groups excluding carboxylic acids is 2. The lowest BCUT2D eigenvalue weighted by Gasteiger charge is -2.24. The number of ether oxygens (including phenoxy) is 1. The summed E-state index contributed by atoms with van der Waals surface area (Å²) in [6.07, 6.45) is 4.17. The lowest BCUT2D eigenvalue weighted by atomic mass is 9.96. The van der Waals surface area contributed by atoms with Crippen molar-refractivity contribution in [2.24, 2.45) is 0 Å². The van der Waals surface area contributed by atoms with Gasteiger partial charge in [0.1, 0.15) is 0 Å². The van der Waals surface area contributed by atoms with Crippen molar-refractivity contribution in [2.75, 3.05) is 13.2 Å². The minimum atomic E-state index is -0.403. The fraction of sp³-hybridized carbons (Fsp3) is 0.182. The molecule has 0 spiro atoms. The van der Waals surface area contributed by atoms with Crippen LogP contribution < -0.4 is 0 Å². The van der Waals surface area contributed by atoms with Gasteiger partial charge in [0, 0.05) is 18.3 Å². The highest BCUT2D eigenvalue weighted by Gasteiger charge is 2.24. The van der Waals surface area contributed by atoms with Gasteiger partial charge >= 0.3 is 5.97 Å². The van der Waals surface area contributed by atoms with E-state index in [0.29, 0.717) is 30.7 Å². The average molecular weight is 347 g/mol. The van der Waals surface area contributed by atoms with Crippen LogP contribution in [0.3, 0.4) is 0 Å². The number of rotatable bonds is 5. The predicted molar refractivity (Wildman–Crippen MR) is 100 cm³/mol. The van der Waals surface area contributed by atoms with E-state index in [1.807, 2.05) is 54.6 Å². The first-order valence-corrected chi connectivity index (χ1v) is 8.67. The highest BCUT2D eigenvalue weighted by molar-refractivity contribution is 5.98. The second kappa shape index (κ2) is 8.30. The van der Waals surface area contributed by atoms with Gasteiger partial charge in [-0.25, -0.2) is 4.79 Å². The Morgan fingerprint density at radius 1 is 1.00 bits per heavy atom. The molecular formula is C22H21NO3. The van der Waals surface area contributed by atoms with Gasteiger partial charge in [0.25, 0.3) is 5.91 Å². The summed E-state index contributed by atoms with van der Waals surface area (Å²) in [6.45, 7) is 2.50. The molecule has 0 N–H and O–H groups in total. The molecule has 132 valence electrons.